The minimum Gasteiger partial charge on any atom is -0.502 e. The van der Waals surface area contributed by atoms with Crippen molar-refractivity contribution in [3.05, 3.63) is 28.3 Å². The quantitative estimate of drug-likeness (QED) is 0.445. The number of nitrogens with zero attached hydrogens (tertiary/aromatic N) is 1. The van der Waals surface area contributed by atoms with E-state index in [0.717, 1.165) is 19.4 Å². The molecule has 0 atom stereocenters. The summed E-state index contributed by atoms with van der Waals surface area (Å²) in [7, 11) is 0. The molecule has 0 aliphatic rings. The first kappa shape index (κ1) is 11.3. The molecule has 5 nitrogen and oxygen atoms in total. The maximum absolute atomic E-state index is 10.4. The van der Waals surface area contributed by atoms with Crippen LogP contribution in [0.2, 0.25) is 0 Å². The SMILES string of the molecule is CCCCNc1ccc([N+](=O)[O-])c(O)c1. The predicted molar refractivity (Wildman–Crippen MR) is 58.2 cm³/mol. The zero-order chi connectivity index (χ0) is 11.3. The molecule has 0 saturated heterocycles. The summed E-state index contributed by atoms with van der Waals surface area (Å²) < 4.78 is 0. The lowest BCUT2D eigenvalue weighted by molar-refractivity contribution is -0.385. The number of benzene rings is 1. The highest BCUT2D eigenvalue weighted by Gasteiger charge is 2.12. The van der Waals surface area contributed by atoms with Crippen LogP contribution in [-0.4, -0.2) is 16.6 Å². The van der Waals surface area contributed by atoms with Gasteiger partial charge in [0.05, 0.1) is 4.92 Å². The minimum absolute atomic E-state index is 0.268. The molecular formula is C10H14N2O3. The third-order valence-electron chi connectivity index (χ3n) is 2.03. The van der Waals surface area contributed by atoms with Gasteiger partial charge >= 0.3 is 5.69 Å². The van der Waals surface area contributed by atoms with Crippen LogP contribution in [0, 0.1) is 10.1 Å². The first-order valence-electron chi connectivity index (χ1n) is 4.86. The Kier molecular flexibility index (Phi) is 3.91. The van der Waals surface area contributed by atoms with E-state index in [1.165, 1.54) is 12.1 Å². The van der Waals surface area contributed by atoms with Crippen molar-refractivity contribution in [1.29, 1.82) is 0 Å². The number of nitrogens with one attached hydrogen (secondary N) is 1. The number of rotatable bonds is 5. The zero-order valence-corrected chi connectivity index (χ0v) is 8.56. The Bertz CT molecular complexity index is 353. The summed E-state index contributed by atoms with van der Waals surface area (Å²) in [5.41, 5.74) is 0.433. The van der Waals surface area contributed by atoms with E-state index in [-0.39, 0.29) is 11.4 Å². The summed E-state index contributed by atoms with van der Waals surface area (Å²) in [6, 6.07) is 4.25. The fourth-order valence-corrected chi connectivity index (χ4v) is 1.20. The molecular weight excluding hydrogens is 196 g/mol. The average molecular weight is 210 g/mol. The van der Waals surface area contributed by atoms with Crippen molar-refractivity contribution >= 4 is 11.4 Å². The summed E-state index contributed by atoms with van der Waals surface area (Å²) in [6.45, 7) is 2.88. The fourth-order valence-electron chi connectivity index (χ4n) is 1.20. The highest BCUT2D eigenvalue weighted by molar-refractivity contribution is 5.57. The molecule has 0 aromatic heterocycles. The molecule has 0 unspecified atom stereocenters. The highest BCUT2D eigenvalue weighted by atomic mass is 16.6. The van der Waals surface area contributed by atoms with Crippen molar-refractivity contribution in [1.82, 2.24) is 0 Å². The number of aromatic hydroxyl groups is 1. The summed E-state index contributed by atoms with van der Waals surface area (Å²) in [4.78, 5) is 9.81. The second-order valence-corrected chi connectivity index (χ2v) is 3.24. The van der Waals surface area contributed by atoms with Gasteiger partial charge in [0.2, 0.25) is 0 Å². The predicted octanol–water partition coefficient (Wildman–Crippen LogP) is 2.51. The van der Waals surface area contributed by atoms with Crippen molar-refractivity contribution in [2.24, 2.45) is 0 Å². The van der Waals surface area contributed by atoms with Gasteiger partial charge in [-0.1, -0.05) is 13.3 Å². The van der Waals surface area contributed by atoms with Crippen LogP contribution in [0.25, 0.3) is 0 Å². The molecule has 15 heavy (non-hydrogen) atoms. The molecule has 0 spiro atoms. The lowest BCUT2D eigenvalue weighted by Crippen LogP contribution is -2.00. The molecule has 0 fully saturated rings. The largest absolute Gasteiger partial charge is 0.502 e. The van der Waals surface area contributed by atoms with E-state index < -0.39 is 4.92 Å². The average Bonchev–Trinajstić information content (AvgIpc) is 2.17. The van der Waals surface area contributed by atoms with Gasteiger partial charge in [-0.3, -0.25) is 10.1 Å². The Balaban J connectivity index is 2.69. The topological polar surface area (TPSA) is 75.4 Å². The Hall–Kier alpha value is -1.78. The number of unbranched alkanes of at least 4 members (excludes halogenated alkanes) is 1. The molecule has 1 aromatic carbocycles. The third-order valence-corrected chi connectivity index (χ3v) is 2.03. The van der Waals surface area contributed by atoms with E-state index in [4.69, 9.17) is 0 Å². The Labute approximate surface area is 87.9 Å². The van der Waals surface area contributed by atoms with Crippen LogP contribution in [0.3, 0.4) is 0 Å². The van der Waals surface area contributed by atoms with Crippen LogP contribution >= 0.6 is 0 Å². The number of anilines is 1. The van der Waals surface area contributed by atoms with Crippen molar-refractivity contribution in [3.8, 4) is 5.75 Å². The molecule has 0 aliphatic heterocycles. The van der Waals surface area contributed by atoms with Gasteiger partial charge in [-0.2, -0.15) is 0 Å². The second kappa shape index (κ2) is 5.19. The van der Waals surface area contributed by atoms with Gasteiger partial charge in [-0.25, -0.2) is 0 Å². The van der Waals surface area contributed by atoms with Gasteiger partial charge in [0.15, 0.2) is 5.75 Å². The molecule has 0 aliphatic carbocycles. The first-order chi connectivity index (χ1) is 7.15. The number of hydrogen-bond donors (Lipinski definition) is 2. The molecule has 1 aromatic rings. The highest BCUT2D eigenvalue weighted by Crippen LogP contribution is 2.28. The third kappa shape index (κ3) is 3.12. The van der Waals surface area contributed by atoms with Crippen LogP contribution in [0.1, 0.15) is 19.8 Å². The Morgan fingerprint density at radius 1 is 1.53 bits per heavy atom. The molecule has 82 valence electrons. The van der Waals surface area contributed by atoms with Crippen LogP contribution < -0.4 is 5.32 Å². The van der Waals surface area contributed by atoms with Gasteiger partial charge in [0.25, 0.3) is 0 Å². The van der Waals surface area contributed by atoms with Gasteiger partial charge in [-0.15, -0.1) is 0 Å². The van der Waals surface area contributed by atoms with Crippen LogP contribution in [-0.2, 0) is 0 Å². The lowest BCUT2D eigenvalue weighted by atomic mass is 10.2. The molecule has 0 saturated carbocycles. The molecule has 0 amide bonds. The molecule has 2 N–H and O–H groups in total. The number of nitro benzene ring substituents is 1. The van der Waals surface area contributed by atoms with Crippen LogP contribution in [0.5, 0.6) is 5.75 Å². The number of phenols is 1. The fraction of sp³-hybridized carbons (Fsp3) is 0.400. The van der Waals surface area contributed by atoms with Gasteiger partial charge in [0.1, 0.15) is 0 Å². The summed E-state index contributed by atoms with van der Waals surface area (Å²) in [6.07, 6.45) is 2.10. The van der Waals surface area contributed by atoms with Gasteiger partial charge in [-0.05, 0) is 12.5 Å². The van der Waals surface area contributed by atoms with E-state index >= 15 is 0 Å². The number of nitro groups is 1. The van der Waals surface area contributed by atoms with E-state index in [1.54, 1.807) is 6.07 Å². The molecule has 1 rings (SSSR count). The molecule has 0 heterocycles. The smallest absolute Gasteiger partial charge is 0.310 e. The monoisotopic (exact) mass is 210 g/mol. The maximum Gasteiger partial charge on any atom is 0.310 e. The Morgan fingerprint density at radius 3 is 2.80 bits per heavy atom. The van der Waals surface area contributed by atoms with Crippen LogP contribution in [0.15, 0.2) is 18.2 Å². The minimum atomic E-state index is -0.606. The molecule has 0 radical (unpaired) electrons. The van der Waals surface area contributed by atoms with E-state index in [9.17, 15) is 15.2 Å². The van der Waals surface area contributed by atoms with E-state index in [2.05, 4.69) is 12.2 Å². The van der Waals surface area contributed by atoms with Crippen molar-refractivity contribution < 1.29 is 10.0 Å². The second-order valence-electron chi connectivity index (χ2n) is 3.24. The normalized spacial score (nSPS) is 9.93. The Morgan fingerprint density at radius 2 is 2.27 bits per heavy atom. The zero-order valence-electron chi connectivity index (χ0n) is 8.56. The summed E-state index contributed by atoms with van der Waals surface area (Å²) in [5, 5.41) is 22.8. The van der Waals surface area contributed by atoms with E-state index in [0.29, 0.717) is 5.69 Å². The van der Waals surface area contributed by atoms with Crippen molar-refractivity contribution in [3.63, 3.8) is 0 Å². The number of hydrogen-bond acceptors (Lipinski definition) is 4. The van der Waals surface area contributed by atoms with Crippen LogP contribution in [0.4, 0.5) is 11.4 Å². The first-order valence-corrected chi connectivity index (χ1v) is 4.86. The summed E-state index contributed by atoms with van der Waals surface area (Å²) in [5.74, 6) is -0.304. The van der Waals surface area contributed by atoms with Gasteiger partial charge < -0.3 is 10.4 Å². The maximum atomic E-state index is 10.4. The van der Waals surface area contributed by atoms with Crippen molar-refractivity contribution in [2.75, 3.05) is 11.9 Å². The summed E-state index contributed by atoms with van der Waals surface area (Å²) >= 11 is 0. The molecule has 0 bridgehead atoms. The van der Waals surface area contributed by atoms with Gasteiger partial charge in [0, 0.05) is 24.4 Å². The standard InChI is InChI=1S/C10H14N2O3/c1-2-3-6-11-8-4-5-9(12(14)15)10(13)7-8/h4-5,7,11,13H,2-3,6H2,1H3. The lowest BCUT2D eigenvalue weighted by Gasteiger charge is -2.05. The number of phenolic OH excluding ortho intramolecular Hbond substituents is 1. The van der Waals surface area contributed by atoms with Crippen molar-refractivity contribution in [2.45, 2.75) is 19.8 Å². The molecule has 5 heteroatoms. The van der Waals surface area contributed by atoms with E-state index in [1.807, 2.05) is 0 Å².